The summed E-state index contributed by atoms with van der Waals surface area (Å²) < 4.78 is 37.7. The number of rotatable bonds is 3. The second-order valence-electron chi connectivity index (χ2n) is 1.16. The molecule has 0 spiro atoms. The summed E-state index contributed by atoms with van der Waals surface area (Å²) >= 11 is 0. The number of carbonyl (C=O) groups is 1. The standard InChI is InChI=1S/C5H10O4/c1-4(7)9-3-5(8)2-6/h5-6,8H,2-3H2,1H3/i2D2,3D2,5D. The highest BCUT2D eigenvalue weighted by Crippen LogP contribution is 1.82. The van der Waals surface area contributed by atoms with Crippen LogP contribution in [0.25, 0.3) is 0 Å². The first-order valence-electron chi connectivity index (χ1n) is 4.56. The van der Waals surface area contributed by atoms with E-state index in [-0.39, 0.29) is 0 Å². The van der Waals surface area contributed by atoms with E-state index in [1.807, 2.05) is 0 Å². The van der Waals surface area contributed by atoms with Gasteiger partial charge in [0.15, 0.2) is 0 Å². The monoisotopic (exact) mass is 139 g/mol. The molecule has 0 amide bonds. The molecule has 0 aliphatic rings. The van der Waals surface area contributed by atoms with Crippen LogP contribution in [0.3, 0.4) is 0 Å². The molecule has 9 heavy (non-hydrogen) atoms. The van der Waals surface area contributed by atoms with Crippen LogP contribution in [0.5, 0.6) is 0 Å². The molecule has 0 aromatic carbocycles. The van der Waals surface area contributed by atoms with Crippen LogP contribution in [-0.2, 0) is 9.53 Å². The third-order valence-corrected chi connectivity index (χ3v) is 0.397. The van der Waals surface area contributed by atoms with Crippen LogP contribution in [0.4, 0.5) is 0 Å². The molecule has 0 bridgehead atoms. The minimum Gasteiger partial charge on any atom is -0.463 e. The molecule has 4 nitrogen and oxygen atoms in total. The van der Waals surface area contributed by atoms with Crippen molar-refractivity contribution in [1.82, 2.24) is 0 Å². The summed E-state index contributed by atoms with van der Waals surface area (Å²) in [6.45, 7) is -6.09. The lowest BCUT2D eigenvalue weighted by Gasteiger charge is -2.05. The van der Waals surface area contributed by atoms with Crippen LogP contribution in [0.15, 0.2) is 0 Å². The van der Waals surface area contributed by atoms with E-state index < -0.39 is 25.2 Å². The largest absolute Gasteiger partial charge is 0.463 e. The lowest BCUT2D eigenvalue weighted by molar-refractivity contribution is -0.144. The fourth-order valence-electron chi connectivity index (χ4n) is 0.143. The van der Waals surface area contributed by atoms with Crippen molar-refractivity contribution in [1.29, 1.82) is 0 Å². The number of ether oxygens (including phenoxy) is 1. The van der Waals surface area contributed by atoms with Crippen molar-refractivity contribution < 1.29 is 26.6 Å². The predicted molar refractivity (Wildman–Crippen MR) is 29.7 cm³/mol. The molecule has 0 saturated carbocycles. The van der Waals surface area contributed by atoms with Gasteiger partial charge in [-0.3, -0.25) is 4.79 Å². The summed E-state index contributed by atoms with van der Waals surface area (Å²) in [5.41, 5.74) is 0. The normalized spacial score (nSPS) is 27.7. The zero-order chi connectivity index (χ0) is 11.8. The molecule has 0 aromatic heterocycles. The van der Waals surface area contributed by atoms with Gasteiger partial charge in [0.25, 0.3) is 0 Å². The molecular weight excluding hydrogens is 124 g/mol. The van der Waals surface area contributed by atoms with E-state index in [1.165, 1.54) is 0 Å². The third kappa shape index (κ3) is 5.26. The maximum absolute atomic E-state index is 10.4. The van der Waals surface area contributed by atoms with Crippen molar-refractivity contribution in [3.05, 3.63) is 0 Å². The SMILES string of the molecule is [2H]C([2H])(O)C([2H])(O)C([2H])([2H])OC(C)=O. The Hall–Kier alpha value is -0.610. The van der Waals surface area contributed by atoms with Gasteiger partial charge in [0.05, 0.1) is 13.4 Å². The molecule has 2 N–H and O–H groups in total. The molecule has 0 aromatic rings. The van der Waals surface area contributed by atoms with Gasteiger partial charge < -0.3 is 14.9 Å². The third-order valence-electron chi connectivity index (χ3n) is 0.397. The highest BCUT2D eigenvalue weighted by molar-refractivity contribution is 5.65. The van der Waals surface area contributed by atoms with Crippen LogP contribution in [0.1, 0.15) is 13.8 Å². The molecule has 4 heteroatoms. The molecule has 1 atom stereocenters. The van der Waals surface area contributed by atoms with Gasteiger partial charge in [-0.1, -0.05) is 0 Å². The Kier molecular flexibility index (Phi) is 1.42. The number of esters is 1. The zero-order valence-corrected chi connectivity index (χ0v) is 4.71. The minimum atomic E-state index is -3.61. The summed E-state index contributed by atoms with van der Waals surface area (Å²) in [7, 11) is 0. The van der Waals surface area contributed by atoms with E-state index in [4.69, 9.17) is 17.1 Å². The van der Waals surface area contributed by atoms with Gasteiger partial charge >= 0.3 is 5.97 Å². The Morgan fingerprint density at radius 1 is 2.11 bits per heavy atom. The molecule has 54 valence electrons. The summed E-state index contributed by atoms with van der Waals surface area (Å²) in [5, 5.41) is 17.7. The summed E-state index contributed by atoms with van der Waals surface area (Å²) in [6.07, 6.45) is -3.61. The Morgan fingerprint density at radius 2 is 2.67 bits per heavy atom. The Morgan fingerprint density at radius 3 is 3.00 bits per heavy atom. The zero-order valence-electron chi connectivity index (χ0n) is 9.71. The van der Waals surface area contributed by atoms with Crippen molar-refractivity contribution in [3.8, 4) is 0 Å². The lowest BCUT2D eigenvalue weighted by atomic mass is 10.4. The van der Waals surface area contributed by atoms with Gasteiger partial charge in [-0.2, -0.15) is 0 Å². The van der Waals surface area contributed by atoms with Crippen LogP contribution in [-0.4, -0.2) is 35.4 Å². The molecule has 0 aliphatic carbocycles. The first-order valence-corrected chi connectivity index (χ1v) is 2.06. The van der Waals surface area contributed by atoms with Crippen molar-refractivity contribution in [2.24, 2.45) is 0 Å². The van der Waals surface area contributed by atoms with Gasteiger partial charge in [0.2, 0.25) is 0 Å². The minimum absolute atomic E-state index is 0.820. The van der Waals surface area contributed by atoms with E-state index in [9.17, 15) is 4.79 Å². The van der Waals surface area contributed by atoms with E-state index >= 15 is 0 Å². The smallest absolute Gasteiger partial charge is 0.302 e. The second-order valence-corrected chi connectivity index (χ2v) is 1.16. The van der Waals surface area contributed by atoms with E-state index in [0.29, 0.717) is 0 Å². The van der Waals surface area contributed by atoms with E-state index in [1.54, 1.807) is 0 Å². The first kappa shape index (κ1) is 2.98. The molecule has 0 rings (SSSR count). The van der Waals surface area contributed by atoms with Crippen LogP contribution < -0.4 is 0 Å². The molecule has 0 saturated heterocycles. The number of carbonyl (C=O) groups excluding carboxylic acids is 1. The van der Waals surface area contributed by atoms with Gasteiger partial charge in [0, 0.05) is 6.92 Å². The Bertz CT molecular complexity index is 233. The average Bonchev–Trinajstić information content (AvgIpc) is 1.80. The molecule has 0 heterocycles. The van der Waals surface area contributed by atoms with Crippen molar-refractivity contribution in [2.75, 3.05) is 13.1 Å². The number of hydrogen-bond donors (Lipinski definition) is 2. The highest BCUT2D eigenvalue weighted by atomic mass is 16.5. The van der Waals surface area contributed by atoms with Crippen LogP contribution >= 0.6 is 0 Å². The lowest BCUT2D eigenvalue weighted by Crippen LogP contribution is -2.20. The number of hydrogen-bond acceptors (Lipinski definition) is 4. The maximum atomic E-state index is 10.4. The predicted octanol–water partition coefficient (Wildman–Crippen LogP) is -1.10. The number of aliphatic hydroxyl groups is 2. The maximum Gasteiger partial charge on any atom is 0.302 e. The first-order chi connectivity index (χ1) is 5.92. The molecular formula is C5H10O4. The van der Waals surface area contributed by atoms with Crippen molar-refractivity contribution >= 4 is 5.97 Å². The summed E-state index contributed by atoms with van der Waals surface area (Å²) in [5.74, 6) is -1.15. The van der Waals surface area contributed by atoms with Gasteiger partial charge in [-0.05, 0) is 0 Å². The fraction of sp³-hybridized carbons (Fsp3) is 0.800. The topological polar surface area (TPSA) is 66.8 Å². The molecule has 0 aliphatic heterocycles. The molecule has 1 unspecified atom stereocenters. The van der Waals surface area contributed by atoms with Crippen LogP contribution in [0.2, 0.25) is 0 Å². The van der Waals surface area contributed by atoms with Gasteiger partial charge in [-0.25, -0.2) is 0 Å². The fourth-order valence-corrected chi connectivity index (χ4v) is 0.143. The highest BCUT2D eigenvalue weighted by Gasteiger charge is 2.02. The molecule has 0 fully saturated rings. The van der Waals surface area contributed by atoms with Crippen LogP contribution in [0, 0.1) is 0 Å². The Labute approximate surface area is 60.1 Å². The summed E-state index contributed by atoms with van der Waals surface area (Å²) in [4.78, 5) is 10.4. The molecule has 0 radical (unpaired) electrons. The van der Waals surface area contributed by atoms with Crippen molar-refractivity contribution in [2.45, 2.75) is 13.0 Å². The van der Waals surface area contributed by atoms with E-state index in [2.05, 4.69) is 4.74 Å². The van der Waals surface area contributed by atoms with Crippen molar-refractivity contribution in [3.63, 3.8) is 0 Å². The summed E-state index contributed by atoms with van der Waals surface area (Å²) in [6, 6.07) is 0. The quantitative estimate of drug-likeness (QED) is 0.487. The van der Waals surface area contributed by atoms with Gasteiger partial charge in [-0.15, -0.1) is 0 Å². The van der Waals surface area contributed by atoms with E-state index in [0.717, 1.165) is 6.92 Å². The second kappa shape index (κ2) is 4.29. The Balaban J connectivity index is 4.97. The average molecular weight is 139 g/mol. The van der Waals surface area contributed by atoms with Gasteiger partial charge in [0.1, 0.15) is 12.6 Å².